The summed E-state index contributed by atoms with van der Waals surface area (Å²) in [7, 11) is 3.34. The van der Waals surface area contributed by atoms with Crippen LogP contribution in [-0.4, -0.2) is 40.6 Å². The van der Waals surface area contributed by atoms with E-state index in [4.69, 9.17) is 20.9 Å². The highest BCUT2D eigenvalue weighted by Crippen LogP contribution is 2.39. The molecular weight excluding hydrogens is 308 g/mol. The number of aromatic nitrogens is 3. The first kappa shape index (κ1) is 16.3. The molecule has 0 bridgehead atoms. The van der Waals surface area contributed by atoms with E-state index in [-0.39, 0.29) is 17.9 Å². The van der Waals surface area contributed by atoms with E-state index in [1.807, 2.05) is 18.2 Å². The van der Waals surface area contributed by atoms with Crippen molar-refractivity contribution in [2.75, 3.05) is 32.2 Å². The van der Waals surface area contributed by atoms with Gasteiger partial charge in [-0.2, -0.15) is 15.0 Å². The van der Waals surface area contributed by atoms with Crippen LogP contribution in [0.4, 0.5) is 11.9 Å². The monoisotopic (exact) mass is 330 g/mol. The fourth-order valence-corrected chi connectivity index (χ4v) is 3.18. The normalized spacial score (nSPS) is 17.8. The largest absolute Gasteiger partial charge is 0.497 e. The van der Waals surface area contributed by atoms with Gasteiger partial charge in [0.25, 0.3) is 0 Å². The van der Waals surface area contributed by atoms with E-state index >= 15 is 0 Å². The molecule has 1 saturated heterocycles. The molecule has 1 aromatic carbocycles. The van der Waals surface area contributed by atoms with Crippen LogP contribution in [0.25, 0.3) is 0 Å². The average molecular weight is 330 g/mol. The van der Waals surface area contributed by atoms with Gasteiger partial charge in [-0.3, -0.25) is 4.90 Å². The van der Waals surface area contributed by atoms with Crippen molar-refractivity contribution in [3.63, 3.8) is 0 Å². The van der Waals surface area contributed by atoms with Crippen LogP contribution in [0, 0.1) is 0 Å². The van der Waals surface area contributed by atoms with Crippen molar-refractivity contribution in [3.8, 4) is 11.5 Å². The molecule has 1 atom stereocenters. The molecule has 1 fully saturated rings. The smallest absolute Gasteiger partial charge is 0.225 e. The molecule has 24 heavy (non-hydrogen) atoms. The summed E-state index contributed by atoms with van der Waals surface area (Å²) in [6.45, 7) is 1.50. The molecule has 0 radical (unpaired) electrons. The predicted octanol–water partition coefficient (Wildman–Crippen LogP) is 1.39. The molecule has 4 N–H and O–H groups in total. The van der Waals surface area contributed by atoms with Gasteiger partial charge in [0.15, 0.2) is 0 Å². The number of hydrogen-bond donors (Lipinski definition) is 2. The Kier molecular flexibility index (Phi) is 4.66. The van der Waals surface area contributed by atoms with Crippen LogP contribution in [0.15, 0.2) is 18.2 Å². The number of ether oxygens (including phenoxy) is 2. The van der Waals surface area contributed by atoms with Gasteiger partial charge in [-0.1, -0.05) is 0 Å². The summed E-state index contributed by atoms with van der Waals surface area (Å²) in [6.07, 6.45) is 2.11. The molecule has 0 amide bonds. The number of benzene rings is 1. The third-order valence-corrected chi connectivity index (χ3v) is 4.22. The van der Waals surface area contributed by atoms with Gasteiger partial charge in [-0.25, -0.2) is 0 Å². The molecule has 1 aromatic heterocycles. The SMILES string of the molecule is COc1ccc(OC)c(C2CCCN2Cc2nc(N)nc(N)n2)c1. The highest BCUT2D eigenvalue weighted by Gasteiger charge is 2.29. The number of nitrogens with zero attached hydrogens (tertiary/aromatic N) is 4. The number of likely N-dealkylation sites (tertiary alicyclic amines) is 1. The Morgan fingerprint density at radius 2 is 1.88 bits per heavy atom. The van der Waals surface area contributed by atoms with Crippen LogP contribution in [0.5, 0.6) is 11.5 Å². The van der Waals surface area contributed by atoms with Crippen molar-refractivity contribution in [2.45, 2.75) is 25.4 Å². The quantitative estimate of drug-likeness (QED) is 0.845. The maximum atomic E-state index is 5.67. The van der Waals surface area contributed by atoms with Gasteiger partial charge in [0, 0.05) is 11.6 Å². The zero-order valence-electron chi connectivity index (χ0n) is 13.9. The molecule has 2 heterocycles. The van der Waals surface area contributed by atoms with Gasteiger partial charge in [0.1, 0.15) is 17.3 Å². The van der Waals surface area contributed by atoms with E-state index in [0.29, 0.717) is 12.4 Å². The first-order valence-corrected chi connectivity index (χ1v) is 7.82. The molecule has 1 aliphatic heterocycles. The molecular formula is C16H22N6O2. The Bertz CT molecular complexity index is 703. The zero-order chi connectivity index (χ0) is 17.1. The molecule has 0 spiro atoms. The Hall–Kier alpha value is -2.61. The summed E-state index contributed by atoms with van der Waals surface area (Å²) in [4.78, 5) is 14.5. The molecule has 0 saturated carbocycles. The molecule has 1 aliphatic rings. The summed E-state index contributed by atoms with van der Waals surface area (Å²) in [6, 6.07) is 6.06. The highest BCUT2D eigenvalue weighted by atomic mass is 16.5. The summed E-state index contributed by atoms with van der Waals surface area (Å²) in [5.41, 5.74) is 12.4. The second kappa shape index (κ2) is 6.88. The van der Waals surface area contributed by atoms with Crippen molar-refractivity contribution in [1.82, 2.24) is 19.9 Å². The number of anilines is 2. The van der Waals surface area contributed by atoms with Crippen molar-refractivity contribution in [1.29, 1.82) is 0 Å². The van der Waals surface area contributed by atoms with E-state index in [1.54, 1.807) is 14.2 Å². The van der Waals surface area contributed by atoms with E-state index in [2.05, 4.69) is 19.9 Å². The minimum Gasteiger partial charge on any atom is -0.497 e. The topological polar surface area (TPSA) is 112 Å². The van der Waals surface area contributed by atoms with E-state index in [0.717, 1.165) is 36.4 Å². The van der Waals surface area contributed by atoms with Crippen LogP contribution < -0.4 is 20.9 Å². The van der Waals surface area contributed by atoms with Gasteiger partial charge in [0.2, 0.25) is 11.9 Å². The summed E-state index contributed by atoms with van der Waals surface area (Å²) >= 11 is 0. The Morgan fingerprint density at radius 3 is 2.54 bits per heavy atom. The van der Waals surface area contributed by atoms with Crippen LogP contribution in [-0.2, 0) is 6.54 Å². The molecule has 0 aliphatic carbocycles. The van der Waals surface area contributed by atoms with Crippen LogP contribution in [0.1, 0.15) is 30.3 Å². The van der Waals surface area contributed by atoms with Gasteiger partial charge < -0.3 is 20.9 Å². The van der Waals surface area contributed by atoms with Crippen molar-refractivity contribution >= 4 is 11.9 Å². The lowest BCUT2D eigenvalue weighted by Gasteiger charge is -2.25. The minimum absolute atomic E-state index is 0.146. The fraction of sp³-hybridized carbons (Fsp3) is 0.438. The van der Waals surface area contributed by atoms with Crippen LogP contribution in [0.2, 0.25) is 0 Å². The predicted molar refractivity (Wildman–Crippen MR) is 90.6 cm³/mol. The second-order valence-electron chi connectivity index (χ2n) is 5.70. The Morgan fingerprint density at radius 1 is 1.12 bits per heavy atom. The van der Waals surface area contributed by atoms with Gasteiger partial charge in [0.05, 0.1) is 20.8 Å². The summed E-state index contributed by atoms with van der Waals surface area (Å²) in [5.74, 6) is 2.53. The number of nitrogen functional groups attached to an aromatic ring is 2. The number of rotatable bonds is 5. The lowest BCUT2D eigenvalue weighted by Crippen LogP contribution is -2.25. The molecule has 8 heteroatoms. The molecule has 3 rings (SSSR count). The molecule has 2 aromatic rings. The highest BCUT2D eigenvalue weighted by molar-refractivity contribution is 5.42. The Labute approximate surface area is 140 Å². The summed E-state index contributed by atoms with van der Waals surface area (Å²) in [5, 5.41) is 0. The molecule has 1 unspecified atom stereocenters. The van der Waals surface area contributed by atoms with Crippen LogP contribution >= 0.6 is 0 Å². The van der Waals surface area contributed by atoms with Crippen molar-refractivity contribution in [3.05, 3.63) is 29.6 Å². The molecule has 128 valence electrons. The Balaban J connectivity index is 1.88. The van der Waals surface area contributed by atoms with E-state index in [1.165, 1.54) is 0 Å². The standard InChI is InChI=1S/C16H22N6O2/c1-23-10-5-6-13(24-2)11(8-10)12-4-3-7-22(12)9-14-19-15(17)21-16(18)20-14/h5-6,8,12H,3-4,7,9H2,1-2H3,(H4,17,18,19,20,21). The number of nitrogens with two attached hydrogens (primary N) is 2. The van der Waals surface area contributed by atoms with Gasteiger partial charge in [-0.15, -0.1) is 0 Å². The summed E-state index contributed by atoms with van der Waals surface area (Å²) < 4.78 is 10.9. The first-order valence-electron chi connectivity index (χ1n) is 7.82. The van der Waals surface area contributed by atoms with Gasteiger partial charge in [-0.05, 0) is 37.6 Å². The van der Waals surface area contributed by atoms with Crippen molar-refractivity contribution < 1.29 is 9.47 Å². The minimum atomic E-state index is 0.146. The fourth-order valence-electron chi connectivity index (χ4n) is 3.18. The van der Waals surface area contributed by atoms with E-state index in [9.17, 15) is 0 Å². The lowest BCUT2D eigenvalue weighted by molar-refractivity contribution is 0.236. The lowest BCUT2D eigenvalue weighted by atomic mass is 10.0. The molecule has 8 nitrogen and oxygen atoms in total. The van der Waals surface area contributed by atoms with Gasteiger partial charge >= 0.3 is 0 Å². The average Bonchev–Trinajstić information content (AvgIpc) is 3.01. The number of methoxy groups -OCH3 is 2. The van der Waals surface area contributed by atoms with Crippen molar-refractivity contribution in [2.24, 2.45) is 0 Å². The third kappa shape index (κ3) is 3.33. The van der Waals surface area contributed by atoms with E-state index < -0.39 is 0 Å². The first-order chi connectivity index (χ1) is 11.6. The van der Waals surface area contributed by atoms with Crippen LogP contribution in [0.3, 0.4) is 0 Å². The maximum Gasteiger partial charge on any atom is 0.225 e. The maximum absolute atomic E-state index is 5.67. The zero-order valence-corrected chi connectivity index (χ0v) is 13.9. The second-order valence-corrected chi connectivity index (χ2v) is 5.70. The third-order valence-electron chi connectivity index (χ3n) is 4.22. The number of hydrogen-bond acceptors (Lipinski definition) is 8.